The molecule has 2 aliphatic rings. The maximum absolute atomic E-state index is 15.6. The number of pyridine rings is 1. The Morgan fingerprint density at radius 1 is 0.667 bits per heavy atom. The smallest absolute Gasteiger partial charge is 0.266 e. The number of hydrogen-bond acceptors (Lipinski definition) is 8. The summed E-state index contributed by atoms with van der Waals surface area (Å²) in [7, 11) is 1.59. The van der Waals surface area contributed by atoms with Crippen LogP contribution in [0.3, 0.4) is 0 Å². The minimum atomic E-state index is -1.49. The van der Waals surface area contributed by atoms with E-state index in [0.717, 1.165) is 30.8 Å². The third kappa shape index (κ3) is 7.42. The van der Waals surface area contributed by atoms with Crippen molar-refractivity contribution >= 4 is 24.4 Å². The molecule has 330 valence electrons. The van der Waals surface area contributed by atoms with E-state index in [9.17, 15) is 9.90 Å². The number of fused-ring (bicyclic) bond motifs is 4. The average molecular weight is 913 g/mol. The number of likely N-dealkylation sites (tertiary alicyclic amines) is 1. The molecule has 0 radical (unpaired) electrons. The second-order valence-electron chi connectivity index (χ2n) is 16.9. The van der Waals surface area contributed by atoms with E-state index < -0.39 is 28.8 Å². The van der Waals surface area contributed by atoms with Gasteiger partial charge in [0.05, 0.1) is 48.7 Å². The molecule has 14 heteroatoms. The summed E-state index contributed by atoms with van der Waals surface area (Å²) in [5.74, 6) is -1.75. The van der Waals surface area contributed by atoms with E-state index in [2.05, 4.69) is 0 Å². The third-order valence-corrected chi connectivity index (χ3v) is 13.6. The predicted molar refractivity (Wildman–Crippen MR) is 255 cm³/mol. The van der Waals surface area contributed by atoms with E-state index in [4.69, 9.17) is 29.2 Å². The van der Waals surface area contributed by atoms with Crippen molar-refractivity contribution in [2.45, 2.75) is 31.3 Å². The van der Waals surface area contributed by atoms with Gasteiger partial charge in [0.25, 0.3) is 16.7 Å². The molecule has 66 heavy (non-hydrogen) atoms. The van der Waals surface area contributed by atoms with Gasteiger partial charge < -0.3 is 29.0 Å². The fourth-order valence-electron chi connectivity index (χ4n) is 10.1. The zero-order valence-electron chi connectivity index (χ0n) is 35.8. The van der Waals surface area contributed by atoms with Crippen molar-refractivity contribution in [3.05, 3.63) is 226 Å². The molecule has 2 bridgehead atoms. The Balaban J connectivity index is 1.26. The van der Waals surface area contributed by atoms with Crippen molar-refractivity contribution in [2.24, 2.45) is 5.92 Å². The van der Waals surface area contributed by atoms with Crippen LogP contribution >= 0.6 is 24.4 Å². The molecule has 0 aliphatic carbocycles. The van der Waals surface area contributed by atoms with Crippen LogP contribution < -0.4 is 31.4 Å². The molecule has 4 atom stereocenters. The van der Waals surface area contributed by atoms with Gasteiger partial charge in [-0.25, -0.2) is 0 Å². The Bertz CT molecular complexity index is 3280. The monoisotopic (exact) mass is 912 g/mol. The summed E-state index contributed by atoms with van der Waals surface area (Å²) in [4.78, 5) is 45.3. The number of ether oxygens (including phenoxy) is 1. The summed E-state index contributed by atoms with van der Waals surface area (Å²) in [5, 5.41) is 28.3. The second-order valence-corrected chi connectivity index (χ2v) is 17.6. The van der Waals surface area contributed by atoms with E-state index in [1.54, 1.807) is 122 Å². The zero-order chi connectivity index (χ0) is 45.6. The molecule has 1 fully saturated rings. The molecular formula is C52H44N6O6S2. The van der Waals surface area contributed by atoms with Crippen molar-refractivity contribution in [3.8, 4) is 40.3 Å². The van der Waals surface area contributed by atoms with Crippen LogP contribution in [0.15, 0.2) is 172 Å². The molecule has 0 saturated carbocycles. The van der Waals surface area contributed by atoms with Crippen molar-refractivity contribution < 1.29 is 19.8 Å². The summed E-state index contributed by atoms with van der Waals surface area (Å²) >= 11 is 12.1. The standard InChI is InChI=1S/C52H44N6O6S2/c1-64-42-26-25-34(28-36(42)32-53-29-33-27-35(31-53)41-23-14-24-43(59)54(41)30-33)44(45-47(60)55(37-15-6-2-7-16-37)51(65)56(48(45)61)38-17-8-3-9-18-38)46-49(62)57(39-19-10-4-11-20-39)52(66)58(50(46)63)40-21-12-5-13-22-40/h2-26,28,33,35,44,60,62H,27,29-32H2,1H3/t33-,35-/m0/s1. The Hall–Kier alpha value is -7.39. The topological polar surface area (TPSA) is 133 Å². The third-order valence-electron chi connectivity index (χ3n) is 12.9. The highest BCUT2D eigenvalue weighted by Gasteiger charge is 2.38. The number of nitrogens with one attached hydrogen (secondary N) is 1. The maximum Gasteiger partial charge on any atom is 0.266 e. The highest BCUT2D eigenvalue weighted by molar-refractivity contribution is 7.71. The lowest BCUT2D eigenvalue weighted by Gasteiger charge is -2.40. The molecule has 1 saturated heterocycles. The number of piperidine rings is 1. The summed E-state index contributed by atoms with van der Waals surface area (Å²) in [6.07, 6.45) is 0.986. The molecule has 5 heterocycles. The van der Waals surface area contributed by atoms with Crippen LogP contribution in [0.1, 0.15) is 46.2 Å². The van der Waals surface area contributed by atoms with Gasteiger partial charge in [0.2, 0.25) is 5.88 Å². The fourth-order valence-corrected chi connectivity index (χ4v) is 10.8. The molecule has 12 nitrogen and oxygen atoms in total. The number of hydrogen-bond donors (Lipinski definition) is 2. The van der Waals surface area contributed by atoms with Crippen molar-refractivity contribution in [1.29, 1.82) is 0 Å². The van der Waals surface area contributed by atoms with Crippen LogP contribution in [0, 0.1) is 15.5 Å². The first-order valence-electron chi connectivity index (χ1n) is 21.7. The Morgan fingerprint density at radius 3 is 1.77 bits per heavy atom. The Morgan fingerprint density at radius 2 is 1.20 bits per heavy atom. The van der Waals surface area contributed by atoms with Gasteiger partial charge in [0.1, 0.15) is 12.3 Å². The summed E-state index contributed by atoms with van der Waals surface area (Å²) < 4.78 is 13.1. The average Bonchev–Trinajstić information content (AvgIpc) is 3.33. The molecule has 8 aromatic rings. The van der Waals surface area contributed by atoms with Crippen LogP contribution in [-0.2, 0) is 13.1 Å². The maximum atomic E-state index is 15.6. The first-order valence-corrected chi connectivity index (χ1v) is 22.6. The van der Waals surface area contributed by atoms with Crippen molar-refractivity contribution in [1.82, 2.24) is 22.8 Å². The first kappa shape index (κ1) is 42.6. The van der Waals surface area contributed by atoms with Crippen LogP contribution in [-0.4, -0.2) is 48.1 Å². The molecule has 0 spiro atoms. The minimum Gasteiger partial charge on any atom is -0.859 e. The van der Waals surface area contributed by atoms with Crippen LogP contribution in [0.4, 0.5) is 0 Å². The van der Waals surface area contributed by atoms with E-state index in [-0.39, 0.29) is 38.1 Å². The van der Waals surface area contributed by atoms with E-state index >= 15 is 14.7 Å². The Kier molecular flexibility index (Phi) is 11.3. The molecule has 10 rings (SSSR count). The van der Waals surface area contributed by atoms with Crippen molar-refractivity contribution in [2.75, 3.05) is 20.2 Å². The van der Waals surface area contributed by atoms with Crippen LogP contribution in [0.2, 0.25) is 0 Å². The van der Waals surface area contributed by atoms with Gasteiger partial charge in [-0.2, -0.15) is 0 Å². The number of nitrogens with zero attached hydrogens (tertiary/aromatic N) is 5. The first-order chi connectivity index (χ1) is 32.1. The quantitative estimate of drug-likeness (QED) is 0.152. The van der Waals surface area contributed by atoms with Crippen LogP contribution in [0.5, 0.6) is 17.5 Å². The lowest BCUT2D eigenvalue weighted by molar-refractivity contribution is -0.924. The molecule has 5 aromatic carbocycles. The lowest BCUT2D eigenvalue weighted by atomic mass is 9.82. The summed E-state index contributed by atoms with van der Waals surface area (Å²) in [6, 6.07) is 46.2. The zero-order valence-corrected chi connectivity index (χ0v) is 37.5. The number of aromatic hydroxyl groups is 1. The second kappa shape index (κ2) is 17.5. The number of benzene rings is 5. The minimum absolute atomic E-state index is 0.0139. The van der Waals surface area contributed by atoms with Crippen LogP contribution in [0.25, 0.3) is 22.7 Å². The molecule has 3 aromatic heterocycles. The number of methoxy groups -OCH3 is 1. The van der Waals surface area contributed by atoms with Gasteiger partial charge in [-0.3, -0.25) is 28.1 Å². The Labute approximate surface area is 389 Å². The van der Waals surface area contributed by atoms with Gasteiger partial charge in [-0.15, -0.1) is 0 Å². The normalized spacial score (nSPS) is 16.9. The van der Waals surface area contributed by atoms with Gasteiger partial charge >= 0.3 is 0 Å². The van der Waals surface area contributed by atoms with E-state index in [1.165, 1.54) is 23.2 Å². The number of aromatic nitrogens is 5. The number of para-hydroxylation sites is 4. The van der Waals surface area contributed by atoms with Gasteiger partial charge in [0, 0.05) is 47.0 Å². The van der Waals surface area contributed by atoms with Crippen molar-refractivity contribution in [3.63, 3.8) is 0 Å². The molecular weight excluding hydrogens is 869 g/mol. The largest absolute Gasteiger partial charge is 0.859 e. The number of quaternary nitrogens is 1. The molecule has 0 amide bonds. The molecule has 2 aliphatic heterocycles. The molecule has 2 N–H and O–H groups in total. The van der Waals surface area contributed by atoms with E-state index in [0.29, 0.717) is 47.2 Å². The number of rotatable bonds is 10. The van der Waals surface area contributed by atoms with Gasteiger partial charge in [0.15, 0.2) is 9.54 Å². The predicted octanol–water partition coefficient (Wildman–Crippen LogP) is 6.36. The fraction of sp³-hybridized carbons (Fsp3) is 0.173. The van der Waals surface area contributed by atoms with Gasteiger partial charge in [-0.1, -0.05) is 84.9 Å². The van der Waals surface area contributed by atoms with E-state index in [1.807, 2.05) is 47.0 Å². The highest BCUT2D eigenvalue weighted by Crippen LogP contribution is 2.40. The SMILES string of the molecule is COc1ccc(C(c2c([O-])n(-c3ccccc3)c(=S)n(-c3ccccc3)c2=O)c2c(O)n(-c3ccccc3)c(=S)n(-c3ccccc3)c2=O)cc1C[NH+]1C[C@@H]2C[C@@H](C1)c1cccc(=O)n1C2. The molecule has 2 unspecified atom stereocenters. The lowest BCUT2D eigenvalue weighted by Crippen LogP contribution is -3.13. The summed E-state index contributed by atoms with van der Waals surface area (Å²) in [5.41, 5.74) is 1.83. The van der Waals surface area contributed by atoms with Gasteiger partial charge in [-0.05, 0) is 109 Å². The highest BCUT2D eigenvalue weighted by atomic mass is 32.1. The summed E-state index contributed by atoms with van der Waals surface area (Å²) in [6.45, 7) is 2.71.